The van der Waals surface area contributed by atoms with Crippen LogP contribution in [0.1, 0.15) is 32.3 Å². The van der Waals surface area contributed by atoms with Crippen LogP contribution in [0.15, 0.2) is 30.9 Å². The van der Waals surface area contributed by atoms with Gasteiger partial charge in [0.05, 0.1) is 20.3 Å². The summed E-state index contributed by atoms with van der Waals surface area (Å²) in [6.07, 6.45) is 3.08. The molecule has 0 heterocycles. The third-order valence-corrected chi connectivity index (χ3v) is 3.68. The molecule has 0 bridgehead atoms. The maximum atomic E-state index is 10.1. The van der Waals surface area contributed by atoms with Gasteiger partial charge < -0.3 is 14.6 Å². The quantitative estimate of drug-likeness (QED) is 0.674. The molecular formula is C18H29NO3. The van der Waals surface area contributed by atoms with Crippen molar-refractivity contribution < 1.29 is 14.6 Å². The van der Waals surface area contributed by atoms with Gasteiger partial charge in [-0.2, -0.15) is 0 Å². The van der Waals surface area contributed by atoms with Crippen LogP contribution in [0.5, 0.6) is 11.5 Å². The lowest BCUT2D eigenvalue weighted by atomic mass is 10.1. The highest BCUT2D eigenvalue weighted by Gasteiger charge is 2.15. The first kappa shape index (κ1) is 18.5. The van der Waals surface area contributed by atoms with E-state index in [1.54, 1.807) is 14.2 Å². The Kier molecular flexibility index (Phi) is 7.99. The van der Waals surface area contributed by atoms with Crippen molar-refractivity contribution in [2.75, 3.05) is 20.8 Å². The van der Waals surface area contributed by atoms with Crippen molar-refractivity contribution in [3.63, 3.8) is 0 Å². The second-order valence-corrected chi connectivity index (χ2v) is 5.76. The second kappa shape index (κ2) is 9.49. The average molecular weight is 307 g/mol. The predicted molar refractivity (Wildman–Crippen MR) is 90.5 cm³/mol. The summed E-state index contributed by atoms with van der Waals surface area (Å²) in [5.41, 5.74) is 1.11. The third kappa shape index (κ3) is 6.08. The van der Waals surface area contributed by atoms with Crippen molar-refractivity contribution in [2.24, 2.45) is 0 Å². The Morgan fingerprint density at radius 3 is 2.23 bits per heavy atom. The fraction of sp³-hybridized carbons (Fsp3) is 0.556. The lowest BCUT2D eigenvalue weighted by molar-refractivity contribution is 0.0854. The molecule has 0 radical (unpaired) electrons. The Bertz CT molecular complexity index is 437. The van der Waals surface area contributed by atoms with Gasteiger partial charge in [-0.15, -0.1) is 6.58 Å². The van der Waals surface area contributed by atoms with Gasteiger partial charge in [-0.05, 0) is 44.4 Å². The second-order valence-electron chi connectivity index (χ2n) is 5.76. The van der Waals surface area contributed by atoms with Crippen LogP contribution in [-0.2, 0) is 6.54 Å². The molecule has 124 valence electrons. The van der Waals surface area contributed by atoms with E-state index in [0.717, 1.165) is 36.4 Å². The van der Waals surface area contributed by atoms with Crippen molar-refractivity contribution in [3.8, 4) is 11.5 Å². The highest BCUT2D eigenvalue weighted by Crippen LogP contribution is 2.24. The van der Waals surface area contributed by atoms with E-state index in [1.807, 2.05) is 24.3 Å². The Morgan fingerprint density at radius 2 is 1.77 bits per heavy atom. The van der Waals surface area contributed by atoms with Gasteiger partial charge in [0.1, 0.15) is 11.5 Å². The minimum absolute atomic E-state index is 0.340. The van der Waals surface area contributed by atoms with Crippen LogP contribution in [0.2, 0.25) is 0 Å². The van der Waals surface area contributed by atoms with Crippen LogP contribution in [0.4, 0.5) is 0 Å². The largest absolute Gasteiger partial charge is 0.497 e. The summed E-state index contributed by atoms with van der Waals surface area (Å²) < 4.78 is 10.6. The minimum atomic E-state index is -0.340. The average Bonchev–Trinajstić information content (AvgIpc) is 2.51. The van der Waals surface area contributed by atoms with Crippen molar-refractivity contribution in [3.05, 3.63) is 36.4 Å². The molecule has 1 aromatic rings. The van der Waals surface area contributed by atoms with Gasteiger partial charge in [0.25, 0.3) is 0 Å². The molecule has 1 unspecified atom stereocenters. The van der Waals surface area contributed by atoms with Crippen molar-refractivity contribution in [1.29, 1.82) is 0 Å². The zero-order valence-electron chi connectivity index (χ0n) is 14.2. The van der Waals surface area contributed by atoms with Crippen LogP contribution >= 0.6 is 0 Å². The fourth-order valence-electron chi connectivity index (χ4n) is 2.32. The highest BCUT2D eigenvalue weighted by molar-refractivity contribution is 5.38. The number of rotatable bonds is 10. The lowest BCUT2D eigenvalue weighted by Crippen LogP contribution is -2.37. The third-order valence-electron chi connectivity index (χ3n) is 3.68. The maximum Gasteiger partial charge on any atom is 0.122 e. The molecule has 1 N–H and O–H groups in total. The van der Waals surface area contributed by atoms with E-state index < -0.39 is 0 Å². The number of hydrogen-bond acceptors (Lipinski definition) is 4. The van der Waals surface area contributed by atoms with Gasteiger partial charge in [-0.3, -0.25) is 4.90 Å². The standard InChI is InChI=1S/C18H29NO3/c1-6-7-8-16(20)13-19(14(2)3)12-15-9-17(21-4)11-18(10-15)22-5/h6,9-11,14,16,20H,1,7-8,12-13H2,2-5H3. The first-order chi connectivity index (χ1) is 10.5. The number of nitrogens with zero attached hydrogens (tertiary/aromatic N) is 1. The molecule has 0 spiro atoms. The lowest BCUT2D eigenvalue weighted by Gasteiger charge is -2.29. The number of benzene rings is 1. The molecule has 0 aliphatic rings. The fourth-order valence-corrected chi connectivity index (χ4v) is 2.32. The zero-order chi connectivity index (χ0) is 16.5. The van der Waals surface area contributed by atoms with Crippen molar-refractivity contribution in [1.82, 2.24) is 4.90 Å². The van der Waals surface area contributed by atoms with E-state index in [4.69, 9.17) is 9.47 Å². The molecular weight excluding hydrogens is 278 g/mol. The number of methoxy groups -OCH3 is 2. The molecule has 0 amide bonds. The van der Waals surface area contributed by atoms with E-state index in [0.29, 0.717) is 12.6 Å². The van der Waals surface area contributed by atoms with Gasteiger partial charge in [0, 0.05) is 25.2 Å². The van der Waals surface area contributed by atoms with E-state index >= 15 is 0 Å². The SMILES string of the molecule is C=CCCC(O)CN(Cc1cc(OC)cc(OC)c1)C(C)C. The topological polar surface area (TPSA) is 41.9 Å². The zero-order valence-corrected chi connectivity index (χ0v) is 14.2. The van der Waals surface area contributed by atoms with E-state index in [9.17, 15) is 5.11 Å². The summed E-state index contributed by atoms with van der Waals surface area (Å²) in [6.45, 7) is 9.36. The van der Waals surface area contributed by atoms with Gasteiger partial charge in [0.15, 0.2) is 0 Å². The van der Waals surface area contributed by atoms with Gasteiger partial charge in [-0.1, -0.05) is 6.08 Å². The number of aliphatic hydroxyl groups excluding tert-OH is 1. The molecule has 0 aliphatic heterocycles. The molecule has 0 aliphatic carbocycles. The summed E-state index contributed by atoms with van der Waals surface area (Å²) in [7, 11) is 3.30. The number of allylic oxidation sites excluding steroid dienone is 1. The summed E-state index contributed by atoms with van der Waals surface area (Å²) in [5.74, 6) is 1.57. The van der Waals surface area contributed by atoms with Gasteiger partial charge in [0.2, 0.25) is 0 Å². The van der Waals surface area contributed by atoms with Crippen LogP contribution < -0.4 is 9.47 Å². The Hall–Kier alpha value is -1.52. The number of aliphatic hydroxyl groups is 1. The Balaban J connectivity index is 2.79. The molecule has 4 nitrogen and oxygen atoms in total. The summed E-state index contributed by atoms with van der Waals surface area (Å²) >= 11 is 0. The number of hydrogen-bond donors (Lipinski definition) is 1. The van der Waals surface area contributed by atoms with E-state index in [-0.39, 0.29) is 6.10 Å². The van der Waals surface area contributed by atoms with Crippen LogP contribution in [0.25, 0.3) is 0 Å². The van der Waals surface area contributed by atoms with Gasteiger partial charge >= 0.3 is 0 Å². The molecule has 1 atom stereocenters. The molecule has 0 aromatic heterocycles. The molecule has 1 rings (SSSR count). The van der Waals surface area contributed by atoms with Crippen molar-refractivity contribution >= 4 is 0 Å². The summed E-state index contributed by atoms with van der Waals surface area (Å²) in [6, 6.07) is 6.22. The normalized spacial score (nSPS) is 12.5. The smallest absolute Gasteiger partial charge is 0.122 e. The molecule has 0 saturated heterocycles. The predicted octanol–water partition coefficient (Wildman–Crippen LogP) is 3.24. The maximum absolute atomic E-state index is 10.1. The van der Waals surface area contributed by atoms with Crippen LogP contribution in [-0.4, -0.2) is 42.9 Å². The van der Waals surface area contributed by atoms with Gasteiger partial charge in [-0.25, -0.2) is 0 Å². The van der Waals surface area contributed by atoms with Crippen molar-refractivity contribution in [2.45, 2.75) is 45.4 Å². The van der Waals surface area contributed by atoms with E-state index in [2.05, 4.69) is 25.3 Å². The monoisotopic (exact) mass is 307 g/mol. The van der Waals surface area contributed by atoms with Crippen LogP contribution in [0, 0.1) is 0 Å². The van der Waals surface area contributed by atoms with Crippen LogP contribution in [0.3, 0.4) is 0 Å². The summed E-state index contributed by atoms with van der Waals surface area (Å²) in [4.78, 5) is 2.25. The highest BCUT2D eigenvalue weighted by atomic mass is 16.5. The Labute approximate surface area is 134 Å². The number of ether oxygens (including phenoxy) is 2. The molecule has 0 saturated carbocycles. The minimum Gasteiger partial charge on any atom is -0.497 e. The summed E-state index contributed by atoms with van der Waals surface area (Å²) in [5, 5.41) is 10.1. The van der Waals surface area contributed by atoms with E-state index in [1.165, 1.54) is 0 Å². The molecule has 1 aromatic carbocycles. The molecule has 22 heavy (non-hydrogen) atoms. The molecule has 4 heteroatoms. The Morgan fingerprint density at radius 1 is 1.18 bits per heavy atom. The molecule has 0 fully saturated rings. The first-order valence-electron chi connectivity index (χ1n) is 7.75. The first-order valence-corrected chi connectivity index (χ1v) is 7.75.